The third-order valence-corrected chi connectivity index (χ3v) is 6.41. The van der Waals surface area contributed by atoms with E-state index >= 15 is 0 Å². The summed E-state index contributed by atoms with van der Waals surface area (Å²) >= 11 is 0. The molecule has 0 N–H and O–H groups in total. The zero-order chi connectivity index (χ0) is 22.3. The van der Waals surface area contributed by atoms with Gasteiger partial charge in [-0.05, 0) is 65.0 Å². The number of benzene rings is 2. The SMILES string of the molecule is [CH2-]CC[N-]C(CN1CCCCC1)c1ccccc1.[Li+].[Li+].c1ccc([CH-]CN2CCCCC2)cc1. The molecule has 176 valence electrons. The monoisotopic (exact) mass is 446 g/mol. The fraction of sp³-hybridized carbons (Fsp3) is 0.517. The van der Waals surface area contributed by atoms with Crippen LogP contribution in [0.4, 0.5) is 0 Å². The Hall–Kier alpha value is -0.615. The van der Waals surface area contributed by atoms with Crippen LogP contribution in [0.25, 0.3) is 5.32 Å². The van der Waals surface area contributed by atoms with Crippen molar-refractivity contribution in [3.63, 3.8) is 0 Å². The van der Waals surface area contributed by atoms with Gasteiger partial charge in [0.2, 0.25) is 0 Å². The van der Waals surface area contributed by atoms with Crippen LogP contribution in [0.2, 0.25) is 0 Å². The van der Waals surface area contributed by atoms with E-state index in [9.17, 15) is 0 Å². The number of hydrogen-bond acceptors (Lipinski definition) is 2. The molecule has 0 aromatic heterocycles. The molecule has 0 spiro atoms. The van der Waals surface area contributed by atoms with Gasteiger partial charge in [0.1, 0.15) is 0 Å². The van der Waals surface area contributed by atoms with Gasteiger partial charge < -0.3 is 22.0 Å². The summed E-state index contributed by atoms with van der Waals surface area (Å²) < 4.78 is 0. The van der Waals surface area contributed by atoms with Crippen LogP contribution in [0.3, 0.4) is 0 Å². The Balaban J connectivity index is 0.000000329. The molecule has 2 aliphatic heterocycles. The molecular weight excluding hydrogens is 404 g/mol. The third-order valence-electron chi connectivity index (χ3n) is 6.41. The minimum absolute atomic E-state index is 0. The second-order valence-electron chi connectivity index (χ2n) is 9.02. The standard InChI is InChI=1S/C16H24N2.C13H18N.2Li/c1-2-11-17-16(15-9-5-3-6-10-15)14-18-12-7-4-8-13-18;1-3-7-13(8-4-1)9-12-14-10-5-2-6-11-14;;/h3,5-6,9-10,16H,1-2,4,7-8,11-14H2;1,3-4,7-9H,2,5-6,10-12H2;;/q-2;-1;2*+1. The fourth-order valence-electron chi connectivity index (χ4n) is 4.54. The number of likely N-dealkylation sites (tertiary alicyclic amines) is 2. The Morgan fingerprint density at radius 3 is 1.82 bits per heavy atom. The molecule has 0 amide bonds. The van der Waals surface area contributed by atoms with Gasteiger partial charge in [0.15, 0.2) is 0 Å². The summed E-state index contributed by atoms with van der Waals surface area (Å²) in [7, 11) is 0. The first-order valence-corrected chi connectivity index (χ1v) is 12.7. The Morgan fingerprint density at radius 1 is 0.735 bits per heavy atom. The first-order valence-electron chi connectivity index (χ1n) is 12.7. The topological polar surface area (TPSA) is 20.6 Å². The molecule has 5 heteroatoms. The van der Waals surface area contributed by atoms with Crippen LogP contribution in [-0.2, 0) is 0 Å². The zero-order valence-electron chi connectivity index (χ0n) is 21.9. The van der Waals surface area contributed by atoms with Gasteiger partial charge in [0, 0.05) is 0 Å². The first kappa shape index (κ1) is 31.4. The van der Waals surface area contributed by atoms with Crippen LogP contribution in [0.15, 0.2) is 60.7 Å². The van der Waals surface area contributed by atoms with E-state index < -0.39 is 0 Å². The van der Waals surface area contributed by atoms with Crippen LogP contribution in [-0.4, -0.2) is 55.6 Å². The average molecular weight is 447 g/mol. The Kier molecular flexibility index (Phi) is 18.1. The normalized spacial score (nSPS) is 17.3. The maximum absolute atomic E-state index is 4.80. The smallest absolute Gasteiger partial charge is 0.657 e. The molecule has 1 unspecified atom stereocenters. The molecule has 34 heavy (non-hydrogen) atoms. The van der Waals surface area contributed by atoms with Crippen molar-refractivity contribution < 1.29 is 37.7 Å². The second kappa shape index (κ2) is 19.6. The zero-order valence-corrected chi connectivity index (χ0v) is 21.9. The molecule has 0 radical (unpaired) electrons. The van der Waals surface area contributed by atoms with Gasteiger partial charge in [0.25, 0.3) is 0 Å². The Morgan fingerprint density at radius 2 is 1.26 bits per heavy atom. The molecule has 3 nitrogen and oxygen atoms in total. The first-order chi connectivity index (χ1) is 15.8. The van der Waals surface area contributed by atoms with Crippen molar-refractivity contribution in [2.24, 2.45) is 0 Å². The number of rotatable bonds is 9. The summed E-state index contributed by atoms with van der Waals surface area (Å²) in [6.07, 6.45) is 11.5. The van der Waals surface area contributed by atoms with Gasteiger partial charge in [-0.3, -0.25) is 0 Å². The summed E-state index contributed by atoms with van der Waals surface area (Å²) in [4.78, 5) is 5.10. The van der Waals surface area contributed by atoms with E-state index in [0.29, 0.717) is 6.04 Å². The minimum atomic E-state index is 0. The van der Waals surface area contributed by atoms with Crippen molar-refractivity contribution in [3.05, 3.63) is 90.5 Å². The molecule has 0 bridgehead atoms. The Labute approximate surface area is 233 Å². The van der Waals surface area contributed by atoms with Crippen LogP contribution < -0.4 is 37.7 Å². The molecule has 2 aromatic rings. The van der Waals surface area contributed by atoms with Gasteiger partial charge in [-0.25, -0.2) is 6.42 Å². The Bertz CT molecular complexity index is 702. The molecule has 2 saturated heterocycles. The summed E-state index contributed by atoms with van der Waals surface area (Å²) in [5, 5.41) is 4.80. The molecule has 2 fully saturated rings. The van der Waals surface area contributed by atoms with Crippen molar-refractivity contribution in [3.8, 4) is 0 Å². The van der Waals surface area contributed by atoms with Crippen molar-refractivity contribution in [1.82, 2.24) is 9.80 Å². The van der Waals surface area contributed by atoms with Gasteiger partial charge >= 0.3 is 37.7 Å². The van der Waals surface area contributed by atoms with Crippen molar-refractivity contribution >= 4 is 0 Å². The molecule has 0 aliphatic carbocycles. The third kappa shape index (κ3) is 12.4. The second-order valence-corrected chi connectivity index (χ2v) is 9.02. The van der Waals surface area contributed by atoms with Crippen LogP contribution in [0, 0.1) is 13.3 Å². The predicted molar refractivity (Wildman–Crippen MR) is 138 cm³/mol. The average Bonchev–Trinajstić information content (AvgIpc) is 2.88. The maximum atomic E-state index is 4.80. The van der Waals surface area contributed by atoms with Crippen LogP contribution in [0.1, 0.15) is 62.1 Å². The van der Waals surface area contributed by atoms with E-state index in [1.54, 1.807) is 0 Å². The minimum Gasteiger partial charge on any atom is -0.657 e. The summed E-state index contributed by atoms with van der Waals surface area (Å²) in [5.41, 5.74) is 2.69. The summed E-state index contributed by atoms with van der Waals surface area (Å²) in [6, 6.07) is 21.6. The maximum Gasteiger partial charge on any atom is 1.00 e. The fourth-order valence-corrected chi connectivity index (χ4v) is 4.54. The number of hydrogen-bond donors (Lipinski definition) is 0. The van der Waals surface area contributed by atoms with Crippen molar-refractivity contribution in [2.75, 3.05) is 45.8 Å². The number of nitrogens with zero attached hydrogens (tertiary/aromatic N) is 3. The van der Waals surface area contributed by atoms with Crippen LogP contribution in [0.5, 0.6) is 0 Å². The molecule has 0 saturated carbocycles. The van der Waals surface area contributed by atoms with Crippen molar-refractivity contribution in [1.29, 1.82) is 0 Å². The molecule has 4 rings (SSSR count). The summed E-state index contributed by atoms with van der Waals surface area (Å²) in [6.45, 7) is 12.0. The van der Waals surface area contributed by atoms with E-state index in [0.717, 1.165) is 26.1 Å². The van der Waals surface area contributed by atoms with Crippen LogP contribution >= 0.6 is 0 Å². The van der Waals surface area contributed by atoms with E-state index in [-0.39, 0.29) is 37.7 Å². The molecule has 2 aliphatic rings. The molecular formula is C29H42Li2N3-. The van der Waals surface area contributed by atoms with Gasteiger partial charge in [-0.15, -0.1) is 12.1 Å². The van der Waals surface area contributed by atoms with E-state index in [2.05, 4.69) is 83.8 Å². The van der Waals surface area contributed by atoms with E-state index in [4.69, 9.17) is 5.32 Å². The molecule has 2 aromatic carbocycles. The largest absolute Gasteiger partial charge is 1.00 e. The molecule has 1 atom stereocenters. The van der Waals surface area contributed by atoms with Crippen molar-refractivity contribution in [2.45, 2.75) is 51.0 Å². The van der Waals surface area contributed by atoms with Gasteiger partial charge in [-0.1, -0.05) is 60.8 Å². The van der Waals surface area contributed by atoms with E-state index in [1.165, 1.54) is 75.8 Å². The van der Waals surface area contributed by atoms with E-state index in [1.807, 2.05) is 0 Å². The van der Waals surface area contributed by atoms with Gasteiger partial charge in [-0.2, -0.15) is 30.7 Å². The quantitative estimate of drug-likeness (QED) is 0.414. The summed E-state index contributed by atoms with van der Waals surface area (Å²) in [5.74, 6) is 0. The van der Waals surface area contributed by atoms with Gasteiger partial charge in [0.05, 0.1) is 0 Å². The molecule has 2 heterocycles. The predicted octanol–water partition coefficient (Wildman–Crippen LogP) is 0.544. The number of piperidine rings is 2.